The van der Waals surface area contributed by atoms with Gasteiger partial charge in [0.1, 0.15) is 11.6 Å². The first-order valence-electron chi connectivity index (χ1n) is 9.63. The van der Waals surface area contributed by atoms with E-state index in [1.807, 2.05) is 6.92 Å². The molecule has 1 aliphatic heterocycles. The van der Waals surface area contributed by atoms with Crippen LogP contribution in [0.4, 0.5) is 0 Å². The van der Waals surface area contributed by atoms with Crippen LogP contribution in [0.2, 0.25) is 0 Å². The average molecular weight is 353 g/mol. The highest BCUT2D eigenvalue weighted by Gasteiger charge is 2.20. The number of methoxy groups -OCH3 is 1. The maximum Gasteiger partial charge on any atom is 0.254 e. The van der Waals surface area contributed by atoms with Gasteiger partial charge >= 0.3 is 0 Å². The second-order valence-corrected chi connectivity index (χ2v) is 7.49. The van der Waals surface area contributed by atoms with E-state index in [2.05, 4.69) is 27.0 Å². The van der Waals surface area contributed by atoms with Gasteiger partial charge < -0.3 is 9.72 Å². The van der Waals surface area contributed by atoms with Crippen molar-refractivity contribution in [2.45, 2.75) is 52.0 Å². The molecule has 4 rings (SSSR count). The van der Waals surface area contributed by atoms with Gasteiger partial charge in [-0.15, -0.1) is 0 Å². The first-order chi connectivity index (χ1) is 12.6. The zero-order valence-corrected chi connectivity index (χ0v) is 15.7. The van der Waals surface area contributed by atoms with Gasteiger partial charge in [-0.25, -0.2) is 4.98 Å². The number of ether oxygens (including phenoxy) is 1. The molecular weight excluding hydrogens is 326 g/mol. The lowest BCUT2D eigenvalue weighted by molar-refractivity contribution is 0.273. The molecule has 0 spiro atoms. The molecule has 5 nitrogen and oxygen atoms in total. The molecule has 1 N–H and O–H groups in total. The summed E-state index contributed by atoms with van der Waals surface area (Å²) in [4.78, 5) is 22.0. The van der Waals surface area contributed by atoms with Gasteiger partial charge in [-0.05, 0) is 56.2 Å². The van der Waals surface area contributed by atoms with Crippen LogP contribution in [0.25, 0.3) is 0 Å². The molecule has 0 saturated carbocycles. The minimum atomic E-state index is 0.0284. The molecule has 5 heteroatoms. The monoisotopic (exact) mass is 353 g/mol. The Labute approximate surface area is 154 Å². The molecule has 0 radical (unpaired) electrons. The summed E-state index contributed by atoms with van der Waals surface area (Å²) < 4.78 is 5.69. The Hall–Kier alpha value is -2.14. The highest BCUT2D eigenvalue weighted by atomic mass is 16.5. The Morgan fingerprint density at radius 3 is 2.62 bits per heavy atom. The number of hydrogen-bond donors (Lipinski definition) is 1. The van der Waals surface area contributed by atoms with Gasteiger partial charge in [0.2, 0.25) is 0 Å². The van der Waals surface area contributed by atoms with Crippen molar-refractivity contribution in [2.24, 2.45) is 0 Å². The van der Waals surface area contributed by atoms with Gasteiger partial charge in [0, 0.05) is 37.2 Å². The topological polar surface area (TPSA) is 58.2 Å². The van der Waals surface area contributed by atoms with Crippen LogP contribution in [-0.4, -0.2) is 35.1 Å². The van der Waals surface area contributed by atoms with Crippen LogP contribution in [0.3, 0.4) is 0 Å². The van der Waals surface area contributed by atoms with Gasteiger partial charge in [-0.2, -0.15) is 0 Å². The number of hydrogen-bond acceptors (Lipinski definition) is 4. The van der Waals surface area contributed by atoms with Crippen LogP contribution in [0, 0.1) is 6.92 Å². The Bertz CT molecular complexity index is 872. The smallest absolute Gasteiger partial charge is 0.254 e. The van der Waals surface area contributed by atoms with Crippen molar-refractivity contribution in [1.82, 2.24) is 14.9 Å². The van der Waals surface area contributed by atoms with Crippen LogP contribution in [0.5, 0.6) is 5.75 Å². The maximum absolute atomic E-state index is 12.2. The lowest BCUT2D eigenvalue weighted by Gasteiger charge is -2.24. The minimum absolute atomic E-state index is 0.0284. The van der Waals surface area contributed by atoms with Crippen molar-refractivity contribution in [3.05, 3.63) is 56.3 Å². The number of nitrogens with one attached hydrogen (secondary N) is 1. The van der Waals surface area contributed by atoms with Crippen LogP contribution >= 0.6 is 0 Å². The van der Waals surface area contributed by atoms with Gasteiger partial charge in [0.05, 0.1) is 12.8 Å². The molecule has 0 atom stereocenters. The quantitative estimate of drug-likeness (QED) is 0.921. The summed E-state index contributed by atoms with van der Waals surface area (Å²) in [6, 6.07) is 4.59. The molecule has 0 unspecified atom stereocenters. The average Bonchev–Trinajstić information content (AvgIpc) is 2.84. The third-order valence-corrected chi connectivity index (χ3v) is 5.70. The Kier molecular flexibility index (Phi) is 4.81. The lowest BCUT2D eigenvalue weighted by atomic mass is 9.90. The molecule has 2 aromatic rings. The van der Waals surface area contributed by atoms with Gasteiger partial charge in [-0.3, -0.25) is 9.69 Å². The van der Waals surface area contributed by atoms with Crippen molar-refractivity contribution in [1.29, 1.82) is 0 Å². The third-order valence-electron chi connectivity index (χ3n) is 5.70. The van der Waals surface area contributed by atoms with Crippen molar-refractivity contribution < 1.29 is 4.74 Å². The summed E-state index contributed by atoms with van der Waals surface area (Å²) in [5.74, 6) is 1.71. The molecule has 0 amide bonds. The molecule has 0 fully saturated rings. The first kappa shape index (κ1) is 17.3. The van der Waals surface area contributed by atoms with E-state index in [9.17, 15) is 4.79 Å². The number of nitrogens with zero attached hydrogens (tertiary/aromatic N) is 2. The number of aromatic nitrogens is 2. The first-order valence-corrected chi connectivity index (χ1v) is 9.63. The summed E-state index contributed by atoms with van der Waals surface area (Å²) in [5.41, 5.74) is 6.05. The van der Waals surface area contributed by atoms with Crippen molar-refractivity contribution >= 4 is 0 Å². The van der Waals surface area contributed by atoms with Gasteiger partial charge in [0.15, 0.2) is 0 Å². The number of aromatic amines is 1. The van der Waals surface area contributed by atoms with Crippen LogP contribution in [-0.2, 0) is 32.2 Å². The third kappa shape index (κ3) is 3.40. The van der Waals surface area contributed by atoms with Crippen LogP contribution in [0.1, 0.15) is 46.6 Å². The fraction of sp³-hybridized carbons (Fsp3) is 0.524. The molecule has 1 aromatic heterocycles. The molecule has 0 saturated heterocycles. The predicted octanol–water partition coefficient (Wildman–Crippen LogP) is 2.57. The summed E-state index contributed by atoms with van der Waals surface area (Å²) >= 11 is 0. The van der Waals surface area contributed by atoms with E-state index in [4.69, 9.17) is 4.74 Å². The zero-order chi connectivity index (χ0) is 18.1. The van der Waals surface area contributed by atoms with E-state index in [1.165, 1.54) is 42.4 Å². The fourth-order valence-corrected chi connectivity index (χ4v) is 4.31. The lowest BCUT2D eigenvalue weighted by Crippen LogP contribution is -2.26. The molecule has 138 valence electrons. The maximum atomic E-state index is 12.2. The molecule has 1 aromatic carbocycles. The van der Waals surface area contributed by atoms with Crippen molar-refractivity contribution in [3.63, 3.8) is 0 Å². The number of rotatable bonds is 3. The molecule has 26 heavy (non-hydrogen) atoms. The number of fused-ring (bicyclic) bond motifs is 2. The molecular formula is C21H27N3O2. The van der Waals surface area contributed by atoms with E-state index in [0.29, 0.717) is 5.82 Å². The highest BCUT2D eigenvalue weighted by molar-refractivity contribution is 5.44. The SMILES string of the molecule is COc1cc2c(cc1CN1CCc3nc(C)[nH]c(=O)c3CC1)CCCC2. The number of H-pyrrole nitrogens is 1. The standard InChI is InChI=1S/C21H27N3O2/c1-14-22-19-8-10-24(9-7-18(19)21(25)23-14)13-17-11-15-5-3-4-6-16(15)12-20(17)26-2/h11-12H,3-10,13H2,1-2H3,(H,22,23,25). The van der Waals surface area contributed by atoms with Crippen molar-refractivity contribution in [2.75, 3.05) is 20.2 Å². The number of aryl methyl sites for hydroxylation is 3. The molecule has 2 aliphatic rings. The highest BCUT2D eigenvalue weighted by Crippen LogP contribution is 2.30. The van der Waals surface area contributed by atoms with E-state index < -0.39 is 0 Å². The second kappa shape index (κ2) is 7.23. The summed E-state index contributed by atoms with van der Waals surface area (Å²) in [7, 11) is 1.76. The largest absolute Gasteiger partial charge is 0.496 e. The van der Waals surface area contributed by atoms with Gasteiger partial charge in [0.25, 0.3) is 5.56 Å². The van der Waals surface area contributed by atoms with Gasteiger partial charge in [-0.1, -0.05) is 6.07 Å². The van der Waals surface area contributed by atoms with E-state index in [-0.39, 0.29) is 5.56 Å². The number of benzene rings is 1. The molecule has 2 heterocycles. The molecule has 0 bridgehead atoms. The molecule has 1 aliphatic carbocycles. The summed E-state index contributed by atoms with van der Waals surface area (Å²) in [5, 5.41) is 0. The van der Waals surface area contributed by atoms with Crippen LogP contribution in [0.15, 0.2) is 16.9 Å². The Morgan fingerprint density at radius 1 is 1.12 bits per heavy atom. The summed E-state index contributed by atoms with van der Waals surface area (Å²) in [6.45, 7) is 4.51. The zero-order valence-electron chi connectivity index (χ0n) is 15.7. The fourth-order valence-electron chi connectivity index (χ4n) is 4.31. The second-order valence-electron chi connectivity index (χ2n) is 7.49. The predicted molar refractivity (Wildman–Crippen MR) is 102 cm³/mol. The van der Waals surface area contributed by atoms with E-state index >= 15 is 0 Å². The van der Waals surface area contributed by atoms with E-state index in [0.717, 1.165) is 49.5 Å². The Balaban J connectivity index is 1.55. The minimum Gasteiger partial charge on any atom is -0.496 e. The van der Waals surface area contributed by atoms with Crippen molar-refractivity contribution in [3.8, 4) is 5.75 Å². The van der Waals surface area contributed by atoms with Crippen LogP contribution < -0.4 is 10.3 Å². The summed E-state index contributed by atoms with van der Waals surface area (Å²) in [6.07, 6.45) is 6.49. The van der Waals surface area contributed by atoms with E-state index in [1.54, 1.807) is 7.11 Å². The Morgan fingerprint density at radius 2 is 1.85 bits per heavy atom. The normalized spacial score (nSPS) is 17.3.